The summed E-state index contributed by atoms with van der Waals surface area (Å²) < 4.78 is 11.2. The lowest BCUT2D eigenvalue weighted by Crippen LogP contribution is -2.60. The molecule has 1 amide bonds. The molecule has 9 heteroatoms. The summed E-state index contributed by atoms with van der Waals surface area (Å²) in [6, 6.07) is -0.821. The zero-order valence-corrected chi connectivity index (χ0v) is 46.6. The highest BCUT2D eigenvalue weighted by Crippen LogP contribution is 2.23. The molecule has 1 aliphatic rings. The van der Waals surface area contributed by atoms with Crippen molar-refractivity contribution in [1.82, 2.24) is 5.32 Å². The fraction of sp³-hybridized carbons (Fsp3) is 0.734. The van der Waals surface area contributed by atoms with Crippen molar-refractivity contribution in [1.29, 1.82) is 0 Å². The van der Waals surface area contributed by atoms with Crippen molar-refractivity contribution < 1.29 is 39.8 Å². The molecule has 1 fully saturated rings. The van der Waals surface area contributed by atoms with Gasteiger partial charge in [-0.3, -0.25) is 4.79 Å². The summed E-state index contributed by atoms with van der Waals surface area (Å²) in [7, 11) is 0. The normalized spacial score (nSPS) is 19.8. The first-order chi connectivity index (χ1) is 35.8. The van der Waals surface area contributed by atoms with Crippen LogP contribution in [0.2, 0.25) is 0 Å². The molecular formula is C64H111NO8. The number of carbonyl (C=O) groups is 1. The van der Waals surface area contributed by atoms with Gasteiger partial charge >= 0.3 is 0 Å². The van der Waals surface area contributed by atoms with E-state index < -0.39 is 49.5 Å². The van der Waals surface area contributed by atoms with E-state index in [9.17, 15) is 30.3 Å². The number of hydrogen-bond acceptors (Lipinski definition) is 8. The average Bonchev–Trinajstić information content (AvgIpc) is 3.39. The van der Waals surface area contributed by atoms with Crippen molar-refractivity contribution in [3.63, 3.8) is 0 Å². The van der Waals surface area contributed by atoms with Gasteiger partial charge < -0.3 is 40.3 Å². The van der Waals surface area contributed by atoms with Crippen molar-refractivity contribution in [2.75, 3.05) is 13.2 Å². The first-order valence-electron chi connectivity index (χ1n) is 30.0. The summed E-state index contributed by atoms with van der Waals surface area (Å²) in [6.07, 6.45) is 69.6. The maximum Gasteiger partial charge on any atom is 0.220 e. The molecule has 0 spiro atoms. The monoisotopic (exact) mass is 1020 g/mol. The fourth-order valence-corrected chi connectivity index (χ4v) is 8.94. The van der Waals surface area contributed by atoms with Crippen molar-refractivity contribution in [2.24, 2.45) is 0 Å². The molecule has 73 heavy (non-hydrogen) atoms. The molecule has 1 rings (SSSR count). The zero-order valence-electron chi connectivity index (χ0n) is 46.6. The highest BCUT2D eigenvalue weighted by Gasteiger charge is 2.44. The Hall–Kier alpha value is -2.89. The number of aliphatic hydroxyl groups is 5. The average molecular weight is 1020 g/mol. The number of hydrogen-bond donors (Lipinski definition) is 6. The highest BCUT2D eigenvalue weighted by atomic mass is 16.7. The number of amides is 1. The van der Waals surface area contributed by atoms with E-state index in [0.29, 0.717) is 6.42 Å². The second-order valence-electron chi connectivity index (χ2n) is 20.4. The molecule has 1 saturated heterocycles. The molecule has 0 aromatic heterocycles. The Morgan fingerprint density at radius 2 is 0.863 bits per heavy atom. The number of aliphatic hydroxyl groups excluding tert-OH is 5. The predicted octanol–water partition coefficient (Wildman–Crippen LogP) is 15.2. The zero-order chi connectivity index (χ0) is 52.9. The maximum atomic E-state index is 13.0. The van der Waals surface area contributed by atoms with Crippen molar-refractivity contribution >= 4 is 5.91 Å². The van der Waals surface area contributed by atoms with Crippen LogP contribution in [0.1, 0.15) is 245 Å². The van der Waals surface area contributed by atoms with Crippen LogP contribution in [-0.2, 0) is 14.3 Å². The first kappa shape index (κ1) is 68.1. The second-order valence-corrected chi connectivity index (χ2v) is 20.4. The largest absolute Gasteiger partial charge is 0.394 e. The van der Waals surface area contributed by atoms with Gasteiger partial charge in [0.2, 0.25) is 5.91 Å². The van der Waals surface area contributed by atoms with Crippen LogP contribution in [-0.4, -0.2) is 87.5 Å². The number of carbonyl (C=O) groups excluding carboxylic acids is 1. The molecule has 0 aromatic carbocycles. The van der Waals surface area contributed by atoms with Crippen molar-refractivity contribution in [3.05, 3.63) is 97.2 Å². The minimum absolute atomic E-state index is 0.189. The quantitative estimate of drug-likeness (QED) is 0.0261. The third-order valence-corrected chi connectivity index (χ3v) is 13.6. The lowest BCUT2D eigenvalue weighted by molar-refractivity contribution is -0.302. The van der Waals surface area contributed by atoms with E-state index >= 15 is 0 Å². The molecule has 420 valence electrons. The van der Waals surface area contributed by atoms with Gasteiger partial charge in [0.25, 0.3) is 0 Å². The minimum atomic E-state index is -1.57. The SMILES string of the molecule is CC/C=C\C/C=C\C/C=C\C/C=C\C/C=C\C/C=C\CCCCCCCCCCCCCCCCCCCCCCCCC(=O)NC(COC1OC(CO)C(O)C(O)C1O)C(O)/C=C/CC/C=C/CCCCC. The summed E-state index contributed by atoms with van der Waals surface area (Å²) in [4.78, 5) is 13.0. The standard InChI is InChI=1S/C64H111NO8/c1-3-5-7-9-11-13-14-15-16-17-18-19-20-21-22-23-24-25-26-27-28-29-30-31-32-33-34-35-36-37-38-39-40-41-42-43-44-46-48-50-52-54-60(68)65-57(58(67)53-51-49-47-45-12-10-8-6-4-2)56-72-64-63(71)62(70)61(69)59(55-66)73-64/h5,7,11-13,15-16,18-19,21-22,24-25,45,51,53,57-59,61-64,66-67,69-71H,3-4,6,8-10,14,17,20,23,26-44,46-50,52,54-56H2,1-2H3,(H,65,68)/b7-5-,13-11-,16-15-,19-18-,22-21-,25-24-,45-12+,53-51+. The van der Waals surface area contributed by atoms with Crippen LogP contribution in [0.15, 0.2) is 97.2 Å². The molecule has 1 heterocycles. The minimum Gasteiger partial charge on any atom is -0.394 e. The maximum absolute atomic E-state index is 13.0. The number of unbranched alkanes of at least 4 members (excludes halogenated alkanes) is 26. The van der Waals surface area contributed by atoms with E-state index in [-0.39, 0.29) is 12.5 Å². The molecule has 0 bridgehead atoms. The van der Waals surface area contributed by atoms with Gasteiger partial charge in [0, 0.05) is 6.42 Å². The number of nitrogens with one attached hydrogen (secondary N) is 1. The van der Waals surface area contributed by atoms with Gasteiger partial charge in [-0.1, -0.05) is 252 Å². The van der Waals surface area contributed by atoms with E-state index in [2.05, 4.69) is 104 Å². The summed E-state index contributed by atoms with van der Waals surface area (Å²) >= 11 is 0. The van der Waals surface area contributed by atoms with E-state index in [4.69, 9.17) is 9.47 Å². The molecular weight excluding hydrogens is 911 g/mol. The Morgan fingerprint density at radius 3 is 1.32 bits per heavy atom. The third kappa shape index (κ3) is 42.0. The lowest BCUT2D eigenvalue weighted by atomic mass is 9.99. The van der Waals surface area contributed by atoms with Crippen LogP contribution < -0.4 is 5.32 Å². The molecule has 9 nitrogen and oxygen atoms in total. The van der Waals surface area contributed by atoms with Crippen molar-refractivity contribution in [3.8, 4) is 0 Å². The number of ether oxygens (including phenoxy) is 2. The molecule has 0 aromatic rings. The Morgan fingerprint density at radius 1 is 0.479 bits per heavy atom. The fourth-order valence-electron chi connectivity index (χ4n) is 8.94. The van der Waals surface area contributed by atoms with Crippen LogP contribution in [0.4, 0.5) is 0 Å². The van der Waals surface area contributed by atoms with Gasteiger partial charge in [-0.15, -0.1) is 0 Å². The smallest absolute Gasteiger partial charge is 0.220 e. The molecule has 1 aliphatic heterocycles. The van der Waals surface area contributed by atoms with E-state index in [1.807, 2.05) is 6.08 Å². The van der Waals surface area contributed by atoms with Gasteiger partial charge in [0.05, 0.1) is 25.4 Å². The summed E-state index contributed by atoms with van der Waals surface area (Å²) in [5.41, 5.74) is 0. The summed E-state index contributed by atoms with van der Waals surface area (Å²) in [6.45, 7) is 3.59. The molecule has 0 saturated carbocycles. The summed E-state index contributed by atoms with van der Waals surface area (Å²) in [5.74, 6) is -0.189. The Bertz CT molecular complexity index is 1460. The van der Waals surface area contributed by atoms with Gasteiger partial charge in [0.15, 0.2) is 6.29 Å². The van der Waals surface area contributed by atoms with Crippen LogP contribution >= 0.6 is 0 Å². The lowest BCUT2D eigenvalue weighted by Gasteiger charge is -2.40. The number of allylic oxidation sites excluding steroid dienone is 15. The molecule has 7 atom stereocenters. The first-order valence-corrected chi connectivity index (χ1v) is 30.0. The number of rotatable bonds is 50. The van der Waals surface area contributed by atoms with Gasteiger partial charge in [-0.25, -0.2) is 0 Å². The van der Waals surface area contributed by atoms with Gasteiger partial charge in [-0.05, 0) is 83.5 Å². The van der Waals surface area contributed by atoms with Crippen molar-refractivity contribution in [2.45, 2.75) is 288 Å². The van der Waals surface area contributed by atoms with Gasteiger partial charge in [0.1, 0.15) is 24.4 Å². The van der Waals surface area contributed by atoms with Crippen LogP contribution in [0, 0.1) is 0 Å². The van der Waals surface area contributed by atoms with E-state index in [0.717, 1.165) is 77.0 Å². The molecule has 0 aliphatic carbocycles. The molecule has 7 unspecified atom stereocenters. The van der Waals surface area contributed by atoms with E-state index in [1.54, 1.807) is 6.08 Å². The summed E-state index contributed by atoms with van der Waals surface area (Å²) in [5, 5.41) is 54.2. The predicted molar refractivity (Wildman–Crippen MR) is 308 cm³/mol. The van der Waals surface area contributed by atoms with Crippen LogP contribution in [0.3, 0.4) is 0 Å². The van der Waals surface area contributed by atoms with Crippen LogP contribution in [0.25, 0.3) is 0 Å². The van der Waals surface area contributed by atoms with Gasteiger partial charge in [-0.2, -0.15) is 0 Å². The van der Waals surface area contributed by atoms with Crippen LogP contribution in [0.5, 0.6) is 0 Å². The Labute approximate surface area is 447 Å². The topological polar surface area (TPSA) is 149 Å². The second kappa shape index (κ2) is 52.5. The van der Waals surface area contributed by atoms with E-state index in [1.165, 1.54) is 148 Å². The third-order valence-electron chi connectivity index (χ3n) is 13.6. The Balaban J connectivity index is 2.01. The molecule has 6 N–H and O–H groups in total. The Kier molecular flexibility index (Phi) is 49.0. The highest BCUT2D eigenvalue weighted by molar-refractivity contribution is 5.76. The molecule has 0 radical (unpaired) electrons.